The first-order chi connectivity index (χ1) is 14.5. The normalized spacial score (nSPS) is 16.3. The summed E-state index contributed by atoms with van der Waals surface area (Å²) in [5.74, 6) is 0.834. The number of amides is 1. The van der Waals surface area contributed by atoms with Crippen LogP contribution in [0.2, 0.25) is 0 Å². The number of rotatable bonds is 5. The van der Waals surface area contributed by atoms with Crippen molar-refractivity contribution in [1.82, 2.24) is 19.7 Å². The molecular weight excluding hydrogens is 386 g/mol. The number of carbonyl (C=O) groups is 1. The van der Waals surface area contributed by atoms with Gasteiger partial charge >= 0.3 is 0 Å². The van der Waals surface area contributed by atoms with Gasteiger partial charge in [-0.05, 0) is 37.5 Å². The van der Waals surface area contributed by atoms with Crippen LogP contribution in [0.3, 0.4) is 0 Å². The van der Waals surface area contributed by atoms with E-state index in [4.69, 9.17) is 0 Å². The fourth-order valence-electron chi connectivity index (χ4n) is 3.61. The number of benzene rings is 1. The Balaban J connectivity index is 1.47. The highest BCUT2D eigenvalue weighted by atomic mass is 16.6. The summed E-state index contributed by atoms with van der Waals surface area (Å²) in [6, 6.07) is 8.47. The van der Waals surface area contributed by atoms with Crippen molar-refractivity contribution in [1.29, 1.82) is 0 Å². The van der Waals surface area contributed by atoms with E-state index in [1.54, 1.807) is 42.3 Å². The Morgan fingerprint density at radius 1 is 1.23 bits per heavy atom. The lowest BCUT2D eigenvalue weighted by atomic mass is 9.96. The molecular formula is C20H21N7O3. The van der Waals surface area contributed by atoms with Crippen LogP contribution in [0.4, 0.5) is 17.2 Å². The van der Waals surface area contributed by atoms with E-state index >= 15 is 0 Å². The Morgan fingerprint density at radius 3 is 2.73 bits per heavy atom. The molecule has 1 aromatic carbocycles. The summed E-state index contributed by atoms with van der Waals surface area (Å²) in [5, 5.41) is 22.6. The van der Waals surface area contributed by atoms with Gasteiger partial charge in [-0.25, -0.2) is 4.98 Å². The monoisotopic (exact) mass is 407 g/mol. The summed E-state index contributed by atoms with van der Waals surface area (Å²) in [6.07, 6.45) is 6.63. The molecule has 0 spiro atoms. The van der Waals surface area contributed by atoms with Crippen LogP contribution >= 0.6 is 0 Å². The van der Waals surface area contributed by atoms with Crippen LogP contribution in [-0.4, -0.2) is 43.7 Å². The predicted octanol–water partition coefficient (Wildman–Crippen LogP) is 2.73. The van der Waals surface area contributed by atoms with Crippen molar-refractivity contribution in [3.63, 3.8) is 0 Å². The number of anilines is 2. The highest BCUT2D eigenvalue weighted by Crippen LogP contribution is 2.29. The number of aryl methyl sites for hydroxylation is 1. The third-order valence-corrected chi connectivity index (χ3v) is 5.22. The van der Waals surface area contributed by atoms with Gasteiger partial charge in [0.15, 0.2) is 11.6 Å². The van der Waals surface area contributed by atoms with Gasteiger partial charge in [0, 0.05) is 31.5 Å². The highest BCUT2D eigenvalue weighted by molar-refractivity contribution is 5.96. The minimum absolute atomic E-state index is 0.100. The van der Waals surface area contributed by atoms with Gasteiger partial charge in [-0.2, -0.15) is 0 Å². The average Bonchev–Trinajstić information content (AvgIpc) is 3.30. The molecule has 1 aliphatic heterocycles. The molecule has 0 bridgehead atoms. The maximum absolute atomic E-state index is 12.9. The van der Waals surface area contributed by atoms with Crippen molar-refractivity contribution < 1.29 is 9.72 Å². The third-order valence-electron chi connectivity index (χ3n) is 5.22. The summed E-state index contributed by atoms with van der Waals surface area (Å²) in [5.41, 5.74) is 0.817. The van der Waals surface area contributed by atoms with E-state index in [9.17, 15) is 14.9 Å². The molecule has 3 heterocycles. The van der Waals surface area contributed by atoms with Crippen LogP contribution in [0, 0.1) is 23.0 Å². The first-order valence-corrected chi connectivity index (χ1v) is 9.65. The van der Waals surface area contributed by atoms with Gasteiger partial charge in [-0.1, -0.05) is 12.1 Å². The number of nitrogens with one attached hydrogen (secondary N) is 1. The largest absolute Gasteiger partial charge is 0.354 e. The van der Waals surface area contributed by atoms with Crippen LogP contribution in [0.1, 0.15) is 18.4 Å². The van der Waals surface area contributed by atoms with Crippen molar-refractivity contribution in [2.75, 3.05) is 23.3 Å². The number of imidazole rings is 1. The van der Waals surface area contributed by atoms with Crippen LogP contribution in [0.25, 0.3) is 5.82 Å². The lowest BCUT2D eigenvalue weighted by Gasteiger charge is -2.32. The number of piperidine rings is 1. The second-order valence-electron chi connectivity index (χ2n) is 7.22. The molecule has 30 heavy (non-hydrogen) atoms. The second kappa shape index (κ2) is 8.27. The summed E-state index contributed by atoms with van der Waals surface area (Å²) in [7, 11) is 0. The number of hydrogen-bond donors (Lipinski definition) is 1. The fourth-order valence-corrected chi connectivity index (χ4v) is 3.61. The molecule has 1 amide bonds. The van der Waals surface area contributed by atoms with Gasteiger partial charge < -0.3 is 10.2 Å². The molecule has 1 saturated heterocycles. The predicted molar refractivity (Wildman–Crippen MR) is 111 cm³/mol. The smallest absolute Gasteiger partial charge is 0.293 e. The lowest BCUT2D eigenvalue weighted by Crippen LogP contribution is -2.41. The van der Waals surface area contributed by atoms with Crippen molar-refractivity contribution in [3.05, 3.63) is 64.7 Å². The molecule has 0 aliphatic carbocycles. The van der Waals surface area contributed by atoms with Gasteiger partial charge in [0.2, 0.25) is 5.91 Å². The zero-order valence-corrected chi connectivity index (χ0v) is 16.4. The number of nitro groups is 1. The van der Waals surface area contributed by atoms with E-state index in [0.29, 0.717) is 30.2 Å². The van der Waals surface area contributed by atoms with Crippen molar-refractivity contribution in [2.45, 2.75) is 19.8 Å². The summed E-state index contributed by atoms with van der Waals surface area (Å²) >= 11 is 0. The van der Waals surface area contributed by atoms with E-state index in [-0.39, 0.29) is 23.2 Å². The van der Waals surface area contributed by atoms with E-state index in [1.807, 2.05) is 17.0 Å². The number of aromatic nitrogens is 4. The number of nitro benzene ring substituents is 1. The standard InChI is InChI=1S/C20H21N7O3/c1-14-4-2-6-16(27(29)30)19(14)22-20(28)15-5-3-10-25(12-15)17-7-8-18(24-23-17)26-11-9-21-13-26/h2,4,6-9,11,13,15H,3,5,10,12H2,1H3,(H,22,28). The van der Waals surface area contributed by atoms with Crippen LogP contribution in [-0.2, 0) is 4.79 Å². The fraction of sp³-hybridized carbons (Fsp3) is 0.300. The average molecular weight is 407 g/mol. The third kappa shape index (κ3) is 3.97. The molecule has 1 unspecified atom stereocenters. The van der Waals surface area contributed by atoms with Crippen molar-refractivity contribution in [3.8, 4) is 5.82 Å². The Bertz CT molecular complexity index is 1050. The summed E-state index contributed by atoms with van der Waals surface area (Å²) in [6.45, 7) is 2.99. The van der Waals surface area contributed by atoms with E-state index in [2.05, 4.69) is 20.5 Å². The maximum atomic E-state index is 12.9. The van der Waals surface area contributed by atoms with Gasteiger partial charge in [-0.3, -0.25) is 19.5 Å². The van der Waals surface area contributed by atoms with Crippen molar-refractivity contribution in [2.24, 2.45) is 5.92 Å². The molecule has 1 N–H and O–H groups in total. The number of hydrogen-bond acceptors (Lipinski definition) is 7. The summed E-state index contributed by atoms with van der Waals surface area (Å²) in [4.78, 5) is 29.7. The molecule has 2 aromatic heterocycles. The topological polar surface area (TPSA) is 119 Å². The molecule has 10 nitrogen and oxygen atoms in total. The Kier molecular flexibility index (Phi) is 5.38. The molecule has 0 radical (unpaired) electrons. The first-order valence-electron chi connectivity index (χ1n) is 9.65. The van der Waals surface area contributed by atoms with Crippen molar-refractivity contribution >= 4 is 23.1 Å². The minimum Gasteiger partial charge on any atom is -0.354 e. The zero-order valence-electron chi connectivity index (χ0n) is 16.4. The molecule has 1 atom stereocenters. The van der Waals surface area contributed by atoms with Crippen LogP contribution in [0.15, 0.2) is 49.1 Å². The Labute approximate surface area is 172 Å². The quantitative estimate of drug-likeness (QED) is 0.510. The second-order valence-corrected chi connectivity index (χ2v) is 7.22. The SMILES string of the molecule is Cc1cccc([N+](=O)[O-])c1NC(=O)C1CCCN(c2ccc(-n3ccnc3)nn2)C1. The van der Waals surface area contributed by atoms with Gasteiger partial charge in [-0.15, -0.1) is 10.2 Å². The maximum Gasteiger partial charge on any atom is 0.293 e. The molecule has 154 valence electrons. The van der Waals surface area contributed by atoms with Gasteiger partial charge in [0.05, 0.1) is 10.8 Å². The summed E-state index contributed by atoms with van der Waals surface area (Å²) < 4.78 is 1.76. The van der Waals surface area contributed by atoms with E-state index in [1.165, 1.54) is 6.07 Å². The molecule has 0 saturated carbocycles. The number of para-hydroxylation sites is 1. The lowest BCUT2D eigenvalue weighted by molar-refractivity contribution is -0.384. The number of nitrogens with zero attached hydrogens (tertiary/aromatic N) is 6. The highest BCUT2D eigenvalue weighted by Gasteiger charge is 2.28. The minimum atomic E-state index is -0.479. The molecule has 1 fully saturated rings. The van der Waals surface area contributed by atoms with E-state index < -0.39 is 4.92 Å². The Morgan fingerprint density at radius 2 is 2.03 bits per heavy atom. The Hall–Kier alpha value is -3.82. The molecule has 3 aromatic rings. The molecule has 4 rings (SSSR count). The molecule has 10 heteroatoms. The van der Waals surface area contributed by atoms with E-state index in [0.717, 1.165) is 13.0 Å². The van der Waals surface area contributed by atoms with Crippen LogP contribution < -0.4 is 10.2 Å². The van der Waals surface area contributed by atoms with Gasteiger partial charge in [0.25, 0.3) is 5.69 Å². The van der Waals surface area contributed by atoms with Gasteiger partial charge in [0.1, 0.15) is 12.0 Å². The van der Waals surface area contributed by atoms with Crippen LogP contribution in [0.5, 0.6) is 0 Å². The first kappa shape index (κ1) is 19.5. The zero-order chi connectivity index (χ0) is 21.1. The number of carbonyl (C=O) groups excluding carboxylic acids is 1. The molecule has 1 aliphatic rings.